The van der Waals surface area contributed by atoms with E-state index in [0.29, 0.717) is 6.07 Å². The SMILES string of the molecule is CC.Cc1cc(F)c(C(F)(F)F)cc1Cl. The first-order chi connectivity index (χ1) is 6.82. The number of aryl methyl sites for hydroxylation is 1. The second kappa shape index (κ2) is 5.35. The predicted octanol–water partition coefficient (Wildman–Crippen LogP) is 4.83. The van der Waals surface area contributed by atoms with E-state index in [-0.39, 0.29) is 10.6 Å². The van der Waals surface area contributed by atoms with Crippen LogP contribution in [0.2, 0.25) is 5.02 Å². The molecule has 0 amide bonds. The minimum Gasteiger partial charge on any atom is -0.206 e. The third-order valence-electron chi connectivity index (χ3n) is 1.55. The number of benzene rings is 1. The molecule has 0 spiro atoms. The Morgan fingerprint density at radius 3 is 2.00 bits per heavy atom. The molecule has 0 heterocycles. The van der Waals surface area contributed by atoms with Crippen LogP contribution >= 0.6 is 11.6 Å². The van der Waals surface area contributed by atoms with E-state index in [4.69, 9.17) is 11.6 Å². The van der Waals surface area contributed by atoms with Crippen molar-refractivity contribution in [2.24, 2.45) is 0 Å². The minimum atomic E-state index is -4.69. The molecule has 0 aliphatic heterocycles. The molecule has 0 fully saturated rings. The van der Waals surface area contributed by atoms with E-state index in [1.165, 1.54) is 6.92 Å². The highest BCUT2D eigenvalue weighted by molar-refractivity contribution is 6.31. The Labute approximate surface area is 90.9 Å². The maximum absolute atomic E-state index is 12.7. The highest BCUT2D eigenvalue weighted by atomic mass is 35.5. The summed E-state index contributed by atoms with van der Waals surface area (Å²) in [6.07, 6.45) is -4.69. The predicted molar refractivity (Wildman–Crippen MR) is 52.5 cm³/mol. The van der Waals surface area contributed by atoms with Crippen molar-refractivity contribution in [3.05, 3.63) is 34.1 Å². The summed E-state index contributed by atoms with van der Waals surface area (Å²) in [5.74, 6) is -1.30. The van der Waals surface area contributed by atoms with E-state index in [2.05, 4.69) is 0 Å². The fraction of sp³-hybridized carbons (Fsp3) is 0.400. The van der Waals surface area contributed by atoms with Gasteiger partial charge in [-0.15, -0.1) is 0 Å². The molecule has 0 radical (unpaired) electrons. The van der Waals surface area contributed by atoms with E-state index >= 15 is 0 Å². The maximum atomic E-state index is 12.7. The highest BCUT2D eigenvalue weighted by Gasteiger charge is 2.34. The molecular formula is C10H11ClF4. The van der Waals surface area contributed by atoms with Crippen molar-refractivity contribution in [2.75, 3.05) is 0 Å². The largest absolute Gasteiger partial charge is 0.419 e. The van der Waals surface area contributed by atoms with Crippen molar-refractivity contribution in [1.29, 1.82) is 0 Å². The second-order valence-electron chi connectivity index (χ2n) is 2.58. The average molecular weight is 243 g/mol. The van der Waals surface area contributed by atoms with Crippen LogP contribution in [0.1, 0.15) is 25.0 Å². The maximum Gasteiger partial charge on any atom is 0.419 e. The van der Waals surface area contributed by atoms with Crippen LogP contribution in [0.4, 0.5) is 17.6 Å². The molecule has 1 rings (SSSR count). The molecule has 5 heteroatoms. The van der Waals surface area contributed by atoms with Gasteiger partial charge in [-0.1, -0.05) is 25.4 Å². The lowest BCUT2D eigenvalue weighted by Crippen LogP contribution is -2.08. The average Bonchev–Trinajstić information content (AvgIpc) is 2.13. The molecule has 0 saturated heterocycles. The van der Waals surface area contributed by atoms with Gasteiger partial charge in [-0.3, -0.25) is 0 Å². The molecule has 0 aliphatic carbocycles. The third kappa shape index (κ3) is 3.70. The van der Waals surface area contributed by atoms with Gasteiger partial charge < -0.3 is 0 Å². The quantitative estimate of drug-likeness (QED) is 0.572. The summed E-state index contributed by atoms with van der Waals surface area (Å²) in [6, 6.07) is 1.36. The smallest absolute Gasteiger partial charge is 0.206 e. The van der Waals surface area contributed by atoms with Crippen LogP contribution in [0, 0.1) is 12.7 Å². The number of halogens is 5. The monoisotopic (exact) mass is 242 g/mol. The van der Waals surface area contributed by atoms with Crippen molar-refractivity contribution in [2.45, 2.75) is 26.9 Å². The molecule has 0 saturated carbocycles. The number of hydrogen-bond acceptors (Lipinski definition) is 0. The van der Waals surface area contributed by atoms with Gasteiger partial charge in [0.1, 0.15) is 5.82 Å². The molecule has 0 nitrogen and oxygen atoms in total. The third-order valence-corrected chi connectivity index (χ3v) is 1.96. The summed E-state index contributed by atoms with van der Waals surface area (Å²) in [6.45, 7) is 5.44. The Morgan fingerprint density at radius 1 is 1.13 bits per heavy atom. The van der Waals surface area contributed by atoms with Crippen molar-refractivity contribution < 1.29 is 17.6 Å². The van der Waals surface area contributed by atoms with Crippen LogP contribution in [-0.2, 0) is 6.18 Å². The summed E-state index contributed by atoms with van der Waals surface area (Å²) in [4.78, 5) is 0. The molecule has 1 aromatic carbocycles. The summed E-state index contributed by atoms with van der Waals surface area (Å²) >= 11 is 5.43. The van der Waals surface area contributed by atoms with Crippen molar-refractivity contribution in [1.82, 2.24) is 0 Å². The summed E-state index contributed by atoms with van der Waals surface area (Å²) in [5.41, 5.74) is -1.05. The van der Waals surface area contributed by atoms with Crippen LogP contribution in [0.15, 0.2) is 12.1 Å². The zero-order valence-electron chi connectivity index (χ0n) is 8.54. The van der Waals surface area contributed by atoms with Gasteiger partial charge in [0.15, 0.2) is 0 Å². The van der Waals surface area contributed by atoms with Crippen LogP contribution in [0.5, 0.6) is 0 Å². The highest BCUT2D eigenvalue weighted by Crippen LogP contribution is 2.34. The van der Waals surface area contributed by atoms with Crippen LogP contribution < -0.4 is 0 Å². The van der Waals surface area contributed by atoms with Crippen molar-refractivity contribution in [3.8, 4) is 0 Å². The molecule has 0 atom stereocenters. The molecule has 0 unspecified atom stereocenters. The summed E-state index contributed by atoms with van der Waals surface area (Å²) < 4.78 is 48.9. The number of alkyl halides is 3. The Balaban J connectivity index is 0.000000921. The molecule has 0 aliphatic rings. The first-order valence-electron chi connectivity index (χ1n) is 4.35. The van der Waals surface area contributed by atoms with Crippen LogP contribution in [0.25, 0.3) is 0 Å². The fourth-order valence-electron chi connectivity index (χ4n) is 0.864. The van der Waals surface area contributed by atoms with E-state index in [1.807, 2.05) is 13.8 Å². The molecule has 86 valence electrons. The van der Waals surface area contributed by atoms with Gasteiger partial charge >= 0.3 is 6.18 Å². The van der Waals surface area contributed by atoms with Crippen LogP contribution in [-0.4, -0.2) is 0 Å². The zero-order valence-corrected chi connectivity index (χ0v) is 9.30. The van der Waals surface area contributed by atoms with E-state index < -0.39 is 17.6 Å². The lowest BCUT2D eigenvalue weighted by Gasteiger charge is -2.09. The van der Waals surface area contributed by atoms with Gasteiger partial charge in [-0.25, -0.2) is 4.39 Å². The Kier molecular flexibility index (Phi) is 5.08. The Hall–Kier alpha value is -0.770. The van der Waals surface area contributed by atoms with Gasteiger partial charge in [-0.05, 0) is 24.6 Å². The van der Waals surface area contributed by atoms with Gasteiger partial charge in [0.25, 0.3) is 0 Å². The Bertz CT molecular complexity index is 331. The van der Waals surface area contributed by atoms with Crippen molar-refractivity contribution >= 4 is 11.6 Å². The molecular weight excluding hydrogens is 232 g/mol. The molecule has 15 heavy (non-hydrogen) atoms. The molecule has 0 N–H and O–H groups in total. The lowest BCUT2D eigenvalue weighted by molar-refractivity contribution is -0.140. The van der Waals surface area contributed by atoms with Gasteiger partial charge in [0.2, 0.25) is 0 Å². The van der Waals surface area contributed by atoms with Gasteiger partial charge in [0.05, 0.1) is 5.56 Å². The van der Waals surface area contributed by atoms with Gasteiger partial charge in [0, 0.05) is 5.02 Å². The summed E-state index contributed by atoms with van der Waals surface area (Å²) in [5, 5.41) is -0.0891. The zero-order chi connectivity index (χ0) is 12.2. The first-order valence-corrected chi connectivity index (χ1v) is 4.73. The van der Waals surface area contributed by atoms with E-state index in [1.54, 1.807) is 0 Å². The van der Waals surface area contributed by atoms with Gasteiger partial charge in [-0.2, -0.15) is 13.2 Å². The first kappa shape index (κ1) is 14.2. The molecule has 1 aromatic rings. The summed E-state index contributed by atoms with van der Waals surface area (Å²) in [7, 11) is 0. The van der Waals surface area contributed by atoms with E-state index in [0.717, 1.165) is 6.07 Å². The second-order valence-corrected chi connectivity index (χ2v) is 2.99. The lowest BCUT2D eigenvalue weighted by atomic mass is 10.1. The Morgan fingerprint density at radius 2 is 1.60 bits per heavy atom. The number of hydrogen-bond donors (Lipinski definition) is 0. The van der Waals surface area contributed by atoms with Crippen molar-refractivity contribution in [3.63, 3.8) is 0 Å². The molecule has 0 aromatic heterocycles. The topological polar surface area (TPSA) is 0 Å². The molecule has 0 bridgehead atoms. The standard InChI is InChI=1S/C8H5ClF4.C2H6/c1-4-2-7(10)5(3-6(4)9)8(11,12)13;1-2/h2-3H,1H3;1-2H3. The fourth-order valence-corrected chi connectivity index (χ4v) is 1.03. The minimum absolute atomic E-state index is 0.0891. The number of rotatable bonds is 0. The van der Waals surface area contributed by atoms with Crippen LogP contribution in [0.3, 0.4) is 0 Å². The van der Waals surface area contributed by atoms with E-state index in [9.17, 15) is 17.6 Å². The normalized spacial score (nSPS) is 10.7.